The first-order chi connectivity index (χ1) is 15.2. The number of aliphatic imine (C=N–C) groups is 1. The van der Waals surface area contributed by atoms with E-state index in [4.69, 9.17) is 15.3 Å². The molecule has 0 aliphatic rings. The normalized spacial score (nSPS) is 12.3. The van der Waals surface area contributed by atoms with Crippen LogP contribution in [0.1, 0.15) is 46.2 Å². The summed E-state index contributed by atoms with van der Waals surface area (Å²) in [7, 11) is 1.66. The molecule has 174 valence electrons. The number of alkyl carbamates (subject to hydrolysis) is 1. The van der Waals surface area contributed by atoms with Crippen molar-refractivity contribution >= 4 is 35.4 Å². The SMILES string of the molecule is CCC/C(=C\CNC(=O)OC(C)(C)C)c1nsnc1Oc1ccc(N=CNN(C)N)cc1. The van der Waals surface area contributed by atoms with Crippen LogP contribution in [-0.4, -0.2) is 45.5 Å². The summed E-state index contributed by atoms with van der Waals surface area (Å²) in [6, 6.07) is 7.23. The van der Waals surface area contributed by atoms with Crippen molar-refractivity contribution in [1.29, 1.82) is 0 Å². The molecule has 1 amide bonds. The summed E-state index contributed by atoms with van der Waals surface area (Å²) in [6.45, 7) is 7.87. The third kappa shape index (κ3) is 9.00. The quantitative estimate of drug-likeness (QED) is 0.210. The second kappa shape index (κ2) is 12.1. The average Bonchev–Trinajstić information content (AvgIpc) is 3.15. The van der Waals surface area contributed by atoms with Crippen LogP contribution in [-0.2, 0) is 4.74 Å². The molecule has 0 bridgehead atoms. The van der Waals surface area contributed by atoms with E-state index < -0.39 is 11.7 Å². The van der Waals surface area contributed by atoms with Gasteiger partial charge >= 0.3 is 6.09 Å². The lowest BCUT2D eigenvalue weighted by Crippen LogP contribution is -2.38. The molecule has 0 unspecified atom stereocenters. The van der Waals surface area contributed by atoms with Gasteiger partial charge in [-0.05, 0) is 57.0 Å². The Labute approximate surface area is 192 Å². The zero-order chi connectivity index (χ0) is 23.6. The minimum Gasteiger partial charge on any atom is -0.444 e. The van der Waals surface area contributed by atoms with Gasteiger partial charge in [0.1, 0.15) is 23.4 Å². The molecule has 10 nitrogen and oxygen atoms in total. The Balaban J connectivity index is 2.06. The van der Waals surface area contributed by atoms with Gasteiger partial charge in [-0.2, -0.15) is 9.49 Å². The van der Waals surface area contributed by atoms with E-state index in [0.29, 0.717) is 23.9 Å². The van der Waals surface area contributed by atoms with E-state index in [2.05, 4.69) is 31.4 Å². The highest BCUT2D eigenvalue weighted by molar-refractivity contribution is 6.99. The number of hydrogen-bond acceptors (Lipinski definition) is 9. The molecule has 32 heavy (non-hydrogen) atoms. The number of benzene rings is 1. The number of aromatic nitrogens is 2. The highest BCUT2D eigenvalue weighted by Gasteiger charge is 2.17. The van der Waals surface area contributed by atoms with Crippen LogP contribution in [0.2, 0.25) is 0 Å². The second-order valence-corrected chi connectivity index (χ2v) is 8.40. The van der Waals surface area contributed by atoms with Gasteiger partial charge in [-0.1, -0.05) is 19.4 Å². The van der Waals surface area contributed by atoms with E-state index in [1.54, 1.807) is 19.2 Å². The Morgan fingerprint density at radius 2 is 2.00 bits per heavy atom. The van der Waals surface area contributed by atoms with Gasteiger partial charge in [0.25, 0.3) is 5.88 Å². The molecule has 0 atom stereocenters. The van der Waals surface area contributed by atoms with Crippen molar-refractivity contribution < 1.29 is 14.3 Å². The maximum atomic E-state index is 11.9. The maximum absolute atomic E-state index is 11.9. The predicted molar refractivity (Wildman–Crippen MR) is 127 cm³/mol. The van der Waals surface area contributed by atoms with Crippen molar-refractivity contribution in [2.45, 2.75) is 46.1 Å². The zero-order valence-corrected chi connectivity index (χ0v) is 19.9. The first-order valence-electron chi connectivity index (χ1n) is 10.2. The Bertz CT molecular complexity index is 918. The van der Waals surface area contributed by atoms with E-state index in [-0.39, 0.29) is 0 Å². The minimum atomic E-state index is -0.544. The fourth-order valence-electron chi connectivity index (χ4n) is 2.51. The van der Waals surface area contributed by atoms with Gasteiger partial charge in [0.2, 0.25) is 0 Å². The molecule has 11 heteroatoms. The monoisotopic (exact) mass is 461 g/mol. The topological polar surface area (TPSA) is 127 Å². The van der Waals surface area contributed by atoms with Crippen LogP contribution in [0.5, 0.6) is 11.6 Å². The summed E-state index contributed by atoms with van der Waals surface area (Å²) in [6.07, 6.45) is 4.62. The van der Waals surface area contributed by atoms with Crippen LogP contribution in [0.3, 0.4) is 0 Å². The van der Waals surface area contributed by atoms with Crippen molar-refractivity contribution in [3.63, 3.8) is 0 Å². The third-order valence-corrected chi connectivity index (χ3v) is 4.31. The number of hydrazine groups is 2. The minimum absolute atomic E-state index is 0.319. The molecule has 1 aromatic carbocycles. The van der Waals surface area contributed by atoms with E-state index in [9.17, 15) is 4.79 Å². The zero-order valence-electron chi connectivity index (χ0n) is 19.1. The van der Waals surface area contributed by atoms with Gasteiger partial charge in [-0.15, -0.1) is 4.37 Å². The van der Waals surface area contributed by atoms with Crippen molar-refractivity contribution in [2.24, 2.45) is 10.8 Å². The molecule has 1 heterocycles. The van der Waals surface area contributed by atoms with Crippen molar-refractivity contribution in [3.8, 4) is 11.6 Å². The Kier molecular flexibility index (Phi) is 9.57. The average molecular weight is 462 g/mol. The van der Waals surface area contributed by atoms with E-state index in [1.807, 2.05) is 39.0 Å². The summed E-state index contributed by atoms with van der Waals surface area (Å²) >= 11 is 1.08. The Hall–Kier alpha value is -3.02. The number of nitrogens with two attached hydrogens (primary N) is 1. The number of allylic oxidation sites excluding steroid dienone is 1. The number of nitrogens with one attached hydrogen (secondary N) is 2. The first kappa shape index (κ1) is 25.2. The number of ether oxygens (including phenoxy) is 2. The molecule has 0 spiro atoms. The van der Waals surface area contributed by atoms with Crippen LogP contribution in [0.15, 0.2) is 35.3 Å². The molecule has 0 saturated carbocycles. The van der Waals surface area contributed by atoms with Gasteiger partial charge in [-0.25, -0.2) is 9.79 Å². The smallest absolute Gasteiger partial charge is 0.407 e. The molecule has 4 N–H and O–H groups in total. The molecule has 1 aromatic heterocycles. The molecule has 2 rings (SSSR count). The predicted octanol–water partition coefficient (Wildman–Crippen LogP) is 4.01. The number of carbonyl (C=O) groups excluding carboxylic acids is 1. The lowest BCUT2D eigenvalue weighted by molar-refractivity contribution is 0.0534. The molecule has 0 aliphatic heterocycles. The van der Waals surface area contributed by atoms with Gasteiger partial charge in [0.05, 0.1) is 17.4 Å². The second-order valence-electron chi connectivity index (χ2n) is 7.87. The molecule has 2 aromatic rings. The van der Waals surface area contributed by atoms with Crippen LogP contribution in [0.25, 0.3) is 5.57 Å². The number of amides is 1. The number of nitrogens with zero attached hydrogens (tertiary/aromatic N) is 4. The van der Waals surface area contributed by atoms with Gasteiger partial charge in [0.15, 0.2) is 0 Å². The highest BCUT2D eigenvalue weighted by atomic mass is 32.1. The van der Waals surface area contributed by atoms with E-state index >= 15 is 0 Å². The molecule has 0 aliphatic carbocycles. The fraction of sp³-hybridized carbons (Fsp3) is 0.429. The van der Waals surface area contributed by atoms with Crippen molar-refractivity contribution in [2.75, 3.05) is 13.6 Å². The summed E-state index contributed by atoms with van der Waals surface area (Å²) in [5, 5.41) is 4.03. The lowest BCUT2D eigenvalue weighted by Gasteiger charge is -2.19. The molecular weight excluding hydrogens is 430 g/mol. The number of hydrogen-bond donors (Lipinski definition) is 3. The maximum Gasteiger partial charge on any atom is 0.407 e. The molecule has 0 fully saturated rings. The Morgan fingerprint density at radius 3 is 2.62 bits per heavy atom. The third-order valence-electron chi connectivity index (χ3n) is 3.80. The van der Waals surface area contributed by atoms with Crippen molar-refractivity contribution in [1.82, 2.24) is 24.6 Å². The highest BCUT2D eigenvalue weighted by Crippen LogP contribution is 2.31. The number of rotatable bonds is 10. The van der Waals surface area contributed by atoms with Crippen molar-refractivity contribution in [3.05, 3.63) is 36.0 Å². The van der Waals surface area contributed by atoms with Crippen LogP contribution in [0, 0.1) is 0 Å². The fourth-order valence-corrected chi connectivity index (χ4v) is 3.02. The van der Waals surface area contributed by atoms with E-state index in [1.165, 1.54) is 11.5 Å². The first-order valence-corrected chi connectivity index (χ1v) is 10.9. The summed E-state index contributed by atoms with van der Waals surface area (Å²) < 4.78 is 19.9. The lowest BCUT2D eigenvalue weighted by atomic mass is 10.1. The van der Waals surface area contributed by atoms with Crippen LogP contribution < -0.4 is 21.3 Å². The van der Waals surface area contributed by atoms with Gasteiger partial charge < -0.3 is 14.8 Å². The Morgan fingerprint density at radius 1 is 1.28 bits per heavy atom. The van der Waals surface area contributed by atoms with E-state index in [0.717, 1.165) is 35.8 Å². The summed E-state index contributed by atoms with van der Waals surface area (Å²) in [4.78, 5) is 16.1. The molecule has 0 saturated heterocycles. The van der Waals surface area contributed by atoms with Gasteiger partial charge in [0, 0.05) is 13.6 Å². The van der Waals surface area contributed by atoms with Crippen LogP contribution >= 0.6 is 11.7 Å². The molecular formula is C21H31N7O3S. The summed E-state index contributed by atoms with van der Waals surface area (Å²) in [5.74, 6) is 6.49. The molecule has 0 radical (unpaired) electrons. The van der Waals surface area contributed by atoms with Crippen LogP contribution in [0.4, 0.5) is 10.5 Å². The summed E-state index contributed by atoms with van der Waals surface area (Å²) in [5.41, 5.74) is 4.55. The number of carbonyl (C=O) groups is 1. The largest absolute Gasteiger partial charge is 0.444 e. The standard InChI is InChI=1S/C21H31N7O3S/c1-6-7-15(12-13-23-20(29)31-21(2,3)4)18-19(27-32-26-18)30-17-10-8-16(9-11-17)24-14-25-28(5)22/h8-12,14H,6-7,13,22H2,1-5H3,(H,23,29)(H,24,25)/b15-12+. The van der Waals surface area contributed by atoms with Gasteiger partial charge in [-0.3, -0.25) is 11.3 Å².